The Morgan fingerprint density at radius 1 is 1.36 bits per heavy atom. The molecule has 82 valence electrons. The topological polar surface area (TPSA) is 55.7 Å². The van der Waals surface area contributed by atoms with Gasteiger partial charge in [-0.05, 0) is 33.8 Å². The second-order valence-electron chi connectivity index (χ2n) is 4.74. The van der Waals surface area contributed by atoms with Crippen molar-refractivity contribution in [2.24, 2.45) is 0 Å². The van der Waals surface area contributed by atoms with E-state index in [4.69, 9.17) is 5.11 Å². The van der Waals surface area contributed by atoms with Crippen molar-refractivity contribution >= 4 is 0 Å². The molecule has 0 amide bonds. The molecule has 0 fully saturated rings. The Kier molecular flexibility index (Phi) is 2.78. The van der Waals surface area contributed by atoms with Crippen LogP contribution in [0.15, 0.2) is 12.0 Å². The number of hydrogen-bond donors (Lipinski definition) is 3. The van der Waals surface area contributed by atoms with Gasteiger partial charge in [0.15, 0.2) is 5.88 Å². The third kappa shape index (κ3) is 2.01. The van der Waals surface area contributed by atoms with E-state index in [1.807, 2.05) is 27.7 Å². The maximum atomic E-state index is 9.53. The van der Waals surface area contributed by atoms with Gasteiger partial charge in [0.25, 0.3) is 0 Å². The van der Waals surface area contributed by atoms with Crippen LogP contribution < -0.4 is 5.32 Å². The van der Waals surface area contributed by atoms with Crippen molar-refractivity contribution < 1.29 is 10.2 Å². The molecule has 14 heavy (non-hydrogen) atoms. The molecule has 1 aliphatic rings. The highest BCUT2D eigenvalue weighted by molar-refractivity contribution is 5.14. The molecule has 4 heteroatoms. The lowest BCUT2D eigenvalue weighted by atomic mass is 9.95. The first-order valence-corrected chi connectivity index (χ1v) is 4.88. The molecule has 0 spiro atoms. The van der Waals surface area contributed by atoms with E-state index in [1.165, 1.54) is 0 Å². The minimum Gasteiger partial charge on any atom is -0.495 e. The fourth-order valence-corrected chi connectivity index (χ4v) is 2.22. The molecule has 0 bridgehead atoms. The van der Waals surface area contributed by atoms with Crippen molar-refractivity contribution in [3.8, 4) is 0 Å². The summed E-state index contributed by atoms with van der Waals surface area (Å²) in [5, 5.41) is 21.5. The van der Waals surface area contributed by atoms with Crippen LogP contribution in [-0.2, 0) is 0 Å². The summed E-state index contributed by atoms with van der Waals surface area (Å²) in [6.45, 7) is 8.68. The van der Waals surface area contributed by atoms with Crippen LogP contribution >= 0.6 is 0 Å². The maximum Gasteiger partial charge on any atom is 0.183 e. The van der Waals surface area contributed by atoms with Gasteiger partial charge in [-0.15, -0.1) is 0 Å². The van der Waals surface area contributed by atoms with Gasteiger partial charge in [0.1, 0.15) is 0 Å². The van der Waals surface area contributed by atoms with Gasteiger partial charge >= 0.3 is 0 Å². The summed E-state index contributed by atoms with van der Waals surface area (Å²) in [6, 6.07) is 0. The summed E-state index contributed by atoms with van der Waals surface area (Å²) in [6.07, 6.45) is 1.76. The highest BCUT2D eigenvalue weighted by atomic mass is 16.3. The number of aliphatic hydroxyl groups excluding tert-OH is 2. The smallest absolute Gasteiger partial charge is 0.183 e. The molecule has 0 radical (unpaired) electrons. The first-order chi connectivity index (χ1) is 6.29. The van der Waals surface area contributed by atoms with E-state index in [0.717, 1.165) is 0 Å². The molecule has 0 saturated heterocycles. The van der Waals surface area contributed by atoms with Crippen LogP contribution in [0.25, 0.3) is 0 Å². The average molecular weight is 200 g/mol. The molecule has 1 aliphatic heterocycles. The third-order valence-corrected chi connectivity index (χ3v) is 2.62. The zero-order chi connectivity index (χ0) is 11.0. The Bertz CT molecular complexity index is 247. The Labute approximate surface area is 85.2 Å². The molecule has 3 N–H and O–H groups in total. The molecule has 0 aromatic heterocycles. The number of β-amino-alcohol motifs (C(OH)–C–C–N with tert-alkyl or cyclic N) is 1. The van der Waals surface area contributed by atoms with Crippen molar-refractivity contribution in [2.75, 3.05) is 13.2 Å². The van der Waals surface area contributed by atoms with E-state index in [9.17, 15) is 5.11 Å². The molecule has 0 unspecified atom stereocenters. The molecule has 0 aromatic carbocycles. The SMILES string of the molecule is CC1(C)C=C(O)NC(C)(C)N1CCO. The number of rotatable bonds is 2. The number of hydrogen-bond acceptors (Lipinski definition) is 4. The van der Waals surface area contributed by atoms with Gasteiger partial charge < -0.3 is 15.5 Å². The largest absolute Gasteiger partial charge is 0.495 e. The molecule has 0 aromatic rings. The normalized spacial score (nSPS) is 25.4. The van der Waals surface area contributed by atoms with Crippen molar-refractivity contribution in [1.82, 2.24) is 10.2 Å². The minimum atomic E-state index is -0.342. The first-order valence-electron chi connectivity index (χ1n) is 4.88. The molecule has 0 saturated carbocycles. The molecule has 4 nitrogen and oxygen atoms in total. The molecule has 0 atom stereocenters. The van der Waals surface area contributed by atoms with Crippen LogP contribution in [0.2, 0.25) is 0 Å². The van der Waals surface area contributed by atoms with Crippen LogP contribution in [0.1, 0.15) is 27.7 Å². The lowest BCUT2D eigenvalue weighted by Crippen LogP contribution is -2.65. The van der Waals surface area contributed by atoms with E-state index in [0.29, 0.717) is 6.54 Å². The van der Waals surface area contributed by atoms with Crippen LogP contribution in [-0.4, -0.2) is 39.5 Å². The van der Waals surface area contributed by atoms with Gasteiger partial charge in [-0.25, -0.2) is 0 Å². The highest BCUT2D eigenvalue weighted by Crippen LogP contribution is 2.29. The zero-order valence-electron chi connectivity index (χ0n) is 9.33. The minimum absolute atomic E-state index is 0.114. The van der Waals surface area contributed by atoms with Crippen LogP contribution in [0.5, 0.6) is 0 Å². The molecular weight excluding hydrogens is 180 g/mol. The Morgan fingerprint density at radius 3 is 2.36 bits per heavy atom. The average Bonchev–Trinajstić information content (AvgIpc) is 1.94. The Balaban J connectivity index is 2.99. The summed E-state index contributed by atoms with van der Waals surface area (Å²) >= 11 is 0. The van der Waals surface area contributed by atoms with Gasteiger partial charge in [-0.3, -0.25) is 4.90 Å². The van der Waals surface area contributed by atoms with E-state index in [1.54, 1.807) is 6.08 Å². The summed E-state index contributed by atoms with van der Waals surface area (Å²) in [4.78, 5) is 2.11. The van der Waals surface area contributed by atoms with Crippen molar-refractivity contribution in [1.29, 1.82) is 0 Å². The Hall–Kier alpha value is -0.740. The summed E-state index contributed by atoms with van der Waals surface area (Å²) in [7, 11) is 0. The Morgan fingerprint density at radius 2 is 1.93 bits per heavy atom. The second kappa shape index (κ2) is 3.44. The van der Waals surface area contributed by atoms with Gasteiger partial charge in [0.05, 0.1) is 12.3 Å². The fraction of sp³-hybridized carbons (Fsp3) is 0.800. The van der Waals surface area contributed by atoms with Gasteiger partial charge in [-0.2, -0.15) is 0 Å². The van der Waals surface area contributed by atoms with Gasteiger partial charge in [0, 0.05) is 12.1 Å². The lowest BCUT2D eigenvalue weighted by molar-refractivity contribution is -0.0129. The molecular formula is C10H20N2O2. The quantitative estimate of drug-likeness (QED) is 0.617. The lowest BCUT2D eigenvalue weighted by Gasteiger charge is -2.50. The predicted octanol–water partition coefficient (Wildman–Crippen LogP) is 0.798. The van der Waals surface area contributed by atoms with E-state index in [2.05, 4.69) is 10.2 Å². The summed E-state index contributed by atoms with van der Waals surface area (Å²) in [5.41, 5.74) is -0.591. The summed E-state index contributed by atoms with van der Waals surface area (Å²) < 4.78 is 0. The van der Waals surface area contributed by atoms with Crippen LogP contribution in [0.3, 0.4) is 0 Å². The number of aliphatic hydroxyl groups is 2. The molecule has 1 heterocycles. The van der Waals surface area contributed by atoms with E-state index >= 15 is 0 Å². The first kappa shape index (κ1) is 11.3. The monoisotopic (exact) mass is 200 g/mol. The van der Waals surface area contributed by atoms with Crippen molar-refractivity contribution in [2.45, 2.75) is 38.9 Å². The molecule has 0 aliphatic carbocycles. The van der Waals surface area contributed by atoms with Crippen LogP contribution in [0.4, 0.5) is 0 Å². The highest BCUT2D eigenvalue weighted by Gasteiger charge is 2.40. The van der Waals surface area contributed by atoms with Gasteiger partial charge in [0.2, 0.25) is 0 Å². The maximum absolute atomic E-state index is 9.53. The number of nitrogens with one attached hydrogen (secondary N) is 1. The number of nitrogens with zero attached hydrogens (tertiary/aromatic N) is 1. The summed E-state index contributed by atoms with van der Waals surface area (Å²) in [5.74, 6) is 0.203. The fourth-order valence-electron chi connectivity index (χ4n) is 2.22. The van der Waals surface area contributed by atoms with E-state index < -0.39 is 0 Å². The zero-order valence-corrected chi connectivity index (χ0v) is 9.33. The van der Waals surface area contributed by atoms with Crippen LogP contribution in [0, 0.1) is 0 Å². The third-order valence-electron chi connectivity index (χ3n) is 2.62. The van der Waals surface area contributed by atoms with E-state index in [-0.39, 0.29) is 23.7 Å². The second-order valence-corrected chi connectivity index (χ2v) is 4.74. The standard InChI is InChI=1S/C10H20N2O2/c1-9(2)7-8(14)11-10(3,4)12(9)5-6-13/h7,11,13-14H,5-6H2,1-4H3. The molecule has 1 rings (SSSR count). The van der Waals surface area contributed by atoms with Crippen molar-refractivity contribution in [3.63, 3.8) is 0 Å². The van der Waals surface area contributed by atoms with Gasteiger partial charge in [-0.1, -0.05) is 0 Å². The predicted molar refractivity (Wildman–Crippen MR) is 55.8 cm³/mol. The van der Waals surface area contributed by atoms with Crippen molar-refractivity contribution in [3.05, 3.63) is 12.0 Å².